The van der Waals surface area contributed by atoms with Crippen LogP contribution in [0.15, 0.2) is 23.2 Å². The lowest BCUT2D eigenvalue weighted by Crippen LogP contribution is -2.41. The van der Waals surface area contributed by atoms with Gasteiger partial charge in [0.05, 0.1) is 6.04 Å². The van der Waals surface area contributed by atoms with Gasteiger partial charge in [0, 0.05) is 16.8 Å². The molecule has 0 spiro atoms. The number of nitrogens with zero attached hydrogens (tertiary/aromatic N) is 1. The molecule has 0 amide bonds. The molecular weight excluding hydrogens is 246 g/mol. The third kappa shape index (κ3) is 2.32. The van der Waals surface area contributed by atoms with Crippen LogP contribution in [0.5, 0.6) is 0 Å². The minimum absolute atomic E-state index is 0.504. The predicted molar refractivity (Wildman–Crippen MR) is 76.5 cm³/mol. The molecule has 18 heavy (non-hydrogen) atoms. The highest BCUT2D eigenvalue weighted by Crippen LogP contribution is 2.26. The fourth-order valence-corrected chi connectivity index (χ4v) is 3.05. The number of hydrogen-bond donors (Lipinski definition) is 2. The Morgan fingerprint density at radius 2 is 2.33 bits per heavy atom. The van der Waals surface area contributed by atoms with Gasteiger partial charge in [0.25, 0.3) is 0 Å². The fraction of sp³-hybridized carbons (Fsp3) is 0.500. The normalized spacial score (nSPS) is 25.6. The van der Waals surface area contributed by atoms with E-state index in [1.165, 1.54) is 24.8 Å². The minimum Gasteiger partial charge on any atom is -0.353 e. The second-order valence-corrected chi connectivity index (χ2v) is 5.48. The minimum atomic E-state index is 0.504. The molecule has 0 aromatic heterocycles. The first-order valence-corrected chi connectivity index (χ1v) is 7.02. The molecule has 2 unspecified atom stereocenters. The average Bonchev–Trinajstić information content (AvgIpc) is 2.69. The number of aliphatic imine (C=N–C) groups is 1. The first kappa shape index (κ1) is 11.8. The van der Waals surface area contributed by atoms with Crippen molar-refractivity contribution < 1.29 is 0 Å². The standard InChI is InChI=1S/C14H18ClN3/c1-2-9-3-4-12(8-13(9)15)18-14-16-10-5-6-11(7-10)17-14/h3-4,8,10-11H,2,5-7H2,1H3,(H2,16,17,18). The molecule has 2 N–H and O–H groups in total. The molecule has 4 heteroatoms. The Kier molecular flexibility index (Phi) is 3.16. The van der Waals surface area contributed by atoms with Gasteiger partial charge in [-0.15, -0.1) is 0 Å². The summed E-state index contributed by atoms with van der Waals surface area (Å²) >= 11 is 6.22. The van der Waals surface area contributed by atoms with Gasteiger partial charge in [-0.1, -0.05) is 24.6 Å². The van der Waals surface area contributed by atoms with Gasteiger partial charge in [-0.3, -0.25) is 0 Å². The molecule has 1 aliphatic carbocycles. The van der Waals surface area contributed by atoms with Crippen LogP contribution in [0.1, 0.15) is 31.7 Å². The number of benzene rings is 1. The van der Waals surface area contributed by atoms with Crippen molar-refractivity contribution >= 4 is 23.2 Å². The van der Waals surface area contributed by atoms with Crippen molar-refractivity contribution in [3.05, 3.63) is 28.8 Å². The van der Waals surface area contributed by atoms with E-state index in [4.69, 9.17) is 11.6 Å². The summed E-state index contributed by atoms with van der Waals surface area (Å²) in [6.07, 6.45) is 4.58. The van der Waals surface area contributed by atoms with Crippen molar-refractivity contribution in [3.63, 3.8) is 0 Å². The summed E-state index contributed by atoms with van der Waals surface area (Å²) in [6.45, 7) is 2.11. The van der Waals surface area contributed by atoms with Crippen LogP contribution in [0.2, 0.25) is 5.02 Å². The van der Waals surface area contributed by atoms with Gasteiger partial charge < -0.3 is 10.6 Å². The van der Waals surface area contributed by atoms with Gasteiger partial charge in [0.1, 0.15) is 0 Å². The summed E-state index contributed by atoms with van der Waals surface area (Å²) < 4.78 is 0. The highest BCUT2D eigenvalue weighted by atomic mass is 35.5. The Labute approximate surface area is 113 Å². The molecule has 1 saturated carbocycles. The maximum Gasteiger partial charge on any atom is 0.196 e. The second-order valence-electron chi connectivity index (χ2n) is 5.07. The van der Waals surface area contributed by atoms with Crippen molar-refractivity contribution in [1.82, 2.24) is 5.32 Å². The summed E-state index contributed by atoms with van der Waals surface area (Å²) in [4.78, 5) is 4.66. The molecule has 1 aliphatic heterocycles. The van der Waals surface area contributed by atoms with Crippen LogP contribution in [-0.4, -0.2) is 18.0 Å². The van der Waals surface area contributed by atoms with Gasteiger partial charge in [0.2, 0.25) is 0 Å². The number of fused-ring (bicyclic) bond motifs is 2. The summed E-state index contributed by atoms with van der Waals surface area (Å²) in [7, 11) is 0. The molecule has 1 aromatic rings. The molecule has 3 nitrogen and oxygen atoms in total. The Balaban J connectivity index is 1.75. The lowest BCUT2D eigenvalue weighted by Gasteiger charge is -2.22. The van der Waals surface area contributed by atoms with Gasteiger partial charge in [-0.25, -0.2) is 4.99 Å². The topological polar surface area (TPSA) is 36.4 Å². The van der Waals surface area contributed by atoms with E-state index < -0.39 is 0 Å². The fourth-order valence-electron chi connectivity index (χ4n) is 2.74. The average molecular weight is 264 g/mol. The van der Waals surface area contributed by atoms with Crippen LogP contribution in [0.4, 0.5) is 5.69 Å². The predicted octanol–water partition coefficient (Wildman–Crippen LogP) is 3.19. The van der Waals surface area contributed by atoms with E-state index in [0.29, 0.717) is 12.1 Å². The van der Waals surface area contributed by atoms with Crippen LogP contribution < -0.4 is 10.6 Å². The maximum atomic E-state index is 6.22. The number of rotatable bonds is 2. The zero-order valence-corrected chi connectivity index (χ0v) is 11.3. The zero-order valence-electron chi connectivity index (χ0n) is 10.5. The first-order valence-electron chi connectivity index (χ1n) is 6.64. The van der Waals surface area contributed by atoms with Gasteiger partial charge in [0.15, 0.2) is 5.96 Å². The third-order valence-corrected chi connectivity index (χ3v) is 4.11. The molecule has 3 rings (SSSR count). The van der Waals surface area contributed by atoms with Crippen molar-refractivity contribution in [3.8, 4) is 0 Å². The molecule has 0 radical (unpaired) electrons. The molecule has 0 saturated heterocycles. The summed E-state index contributed by atoms with van der Waals surface area (Å²) in [6, 6.07) is 7.21. The summed E-state index contributed by atoms with van der Waals surface area (Å²) in [5.41, 5.74) is 2.19. The third-order valence-electron chi connectivity index (χ3n) is 3.75. The monoisotopic (exact) mass is 263 g/mol. The molecule has 1 heterocycles. The Morgan fingerprint density at radius 1 is 1.44 bits per heavy atom. The molecule has 2 bridgehead atoms. The smallest absolute Gasteiger partial charge is 0.196 e. The lowest BCUT2D eigenvalue weighted by molar-refractivity contribution is 0.582. The number of hydrogen-bond acceptors (Lipinski definition) is 3. The number of guanidine groups is 1. The molecule has 2 atom stereocenters. The van der Waals surface area contributed by atoms with Gasteiger partial charge >= 0.3 is 0 Å². The van der Waals surface area contributed by atoms with E-state index in [9.17, 15) is 0 Å². The van der Waals surface area contributed by atoms with Crippen LogP contribution in [0.3, 0.4) is 0 Å². The number of halogens is 1. The van der Waals surface area contributed by atoms with E-state index in [-0.39, 0.29) is 0 Å². The Hall–Kier alpha value is -1.22. The number of aryl methyl sites for hydroxylation is 1. The molecule has 96 valence electrons. The highest BCUT2D eigenvalue weighted by molar-refractivity contribution is 6.31. The Bertz CT molecular complexity index is 484. The molecule has 1 aromatic carbocycles. The van der Waals surface area contributed by atoms with Crippen LogP contribution in [0, 0.1) is 0 Å². The van der Waals surface area contributed by atoms with Gasteiger partial charge in [-0.2, -0.15) is 0 Å². The molecule has 2 aliphatic rings. The van der Waals surface area contributed by atoms with Crippen molar-refractivity contribution in [2.24, 2.45) is 4.99 Å². The summed E-state index contributed by atoms with van der Waals surface area (Å²) in [5, 5.41) is 7.59. The van der Waals surface area contributed by atoms with Gasteiger partial charge in [-0.05, 0) is 43.4 Å². The van der Waals surface area contributed by atoms with Crippen LogP contribution in [0.25, 0.3) is 0 Å². The zero-order chi connectivity index (χ0) is 12.5. The van der Waals surface area contributed by atoms with Crippen molar-refractivity contribution in [2.75, 3.05) is 5.32 Å². The van der Waals surface area contributed by atoms with Crippen molar-refractivity contribution in [2.45, 2.75) is 44.7 Å². The highest BCUT2D eigenvalue weighted by Gasteiger charge is 2.29. The van der Waals surface area contributed by atoms with E-state index in [1.54, 1.807) is 0 Å². The van der Waals surface area contributed by atoms with Crippen molar-refractivity contribution in [1.29, 1.82) is 0 Å². The summed E-state index contributed by atoms with van der Waals surface area (Å²) in [5.74, 6) is 0.897. The number of anilines is 1. The molecule has 1 fully saturated rings. The SMILES string of the molecule is CCc1ccc(NC2=NC3CCC(C3)N2)cc1Cl. The largest absolute Gasteiger partial charge is 0.353 e. The van der Waals surface area contributed by atoms with E-state index in [2.05, 4.69) is 34.7 Å². The second kappa shape index (κ2) is 4.81. The maximum absolute atomic E-state index is 6.22. The quantitative estimate of drug-likeness (QED) is 0.860. The molecular formula is C14H18ClN3. The van der Waals surface area contributed by atoms with E-state index >= 15 is 0 Å². The lowest BCUT2D eigenvalue weighted by atomic mass is 10.1. The van der Waals surface area contributed by atoms with Crippen LogP contribution in [-0.2, 0) is 6.42 Å². The van der Waals surface area contributed by atoms with E-state index in [1.807, 2.05) is 6.07 Å². The number of nitrogens with one attached hydrogen (secondary N) is 2. The first-order chi connectivity index (χ1) is 8.74. The Morgan fingerprint density at radius 3 is 3.06 bits per heavy atom. The van der Waals surface area contributed by atoms with E-state index in [0.717, 1.165) is 23.1 Å². The van der Waals surface area contributed by atoms with Crippen LogP contribution >= 0.6 is 11.6 Å².